The molecule has 0 radical (unpaired) electrons. The molecule has 20 heavy (non-hydrogen) atoms. The zero-order chi connectivity index (χ0) is 14.9. The number of benzene rings is 2. The lowest BCUT2D eigenvalue weighted by Gasteiger charge is -2.24. The normalized spacial score (nSPS) is 11.9. The summed E-state index contributed by atoms with van der Waals surface area (Å²) in [5, 5.41) is 11.1. The molecule has 0 aromatic heterocycles. The van der Waals surface area contributed by atoms with Gasteiger partial charge in [0.25, 0.3) is 0 Å². The molecule has 0 saturated heterocycles. The molecule has 0 heterocycles. The smallest absolute Gasteiger partial charge is 0.0847 e. The molecule has 0 saturated carbocycles. The van der Waals surface area contributed by atoms with Crippen LogP contribution < -0.4 is 0 Å². The Labute approximate surface area is 126 Å². The van der Waals surface area contributed by atoms with Crippen molar-refractivity contribution < 1.29 is 5.11 Å². The molecule has 0 unspecified atom stereocenters. The monoisotopic (exact) mass is 288 g/mol. The Kier molecular flexibility index (Phi) is 4.22. The molecule has 0 bridgehead atoms. The lowest BCUT2D eigenvalue weighted by Crippen LogP contribution is -2.17. The maximum Gasteiger partial charge on any atom is 0.0847 e. The Morgan fingerprint density at radius 2 is 1.65 bits per heavy atom. The van der Waals surface area contributed by atoms with Gasteiger partial charge in [-0.05, 0) is 54.2 Å². The minimum atomic E-state index is -0.926. The van der Waals surface area contributed by atoms with Crippen molar-refractivity contribution in [2.45, 2.75) is 39.2 Å². The maximum absolute atomic E-state index is 10.4. The maximum atomic E-state index is 10.4. The van der Waals surface area contributed by atoms with Gasteiger partial charge in [0.2, 0.25) is 0 Å². The van der Waals surface area contributed by atoms with Crippen LogP contribution in [0.2, 0.25) is 5.02 Å². The average Bonchev–Trinajstić information content (AvgIpc) is 2.37. The van der Waals surface area contributed by atoms with Crippen molar-refractivity contribution in [3.63, 3.8) is 0 Å². The van der Waals surface area contributed by atoms with Gasteiger partial charge in [0.05, 0.1) is 5.60 Å². The van der Waals surface area contributed by atoms with Crippen molar-refractivity contribution in [3.05, 3.63) is 58.6 Å². The fourth-order valence-corrected chi connectivity index (χ4v) is 2.68. The molecule has 0 fully saturated rings. The molecule has 0 spiro atoms. The van der Waals surface area contributed by atoms with E-state index in [1.165, 1.54) is 5.56 Å². The predicted octanol–water partition coefficient (Wildman–Crippen LogP) is 5.36. The third-order valence-corrected chi connectivity index (χ3v) is 3.75. The SMILES string of the molecule is CC(C)c1ccccc1-c1ccc(Cl)cc1C(C)(C)O. The highest BCUT2D eigenvalue weighted by Crippen LogP contribution is 2.37. The molecule has 0 amide bonds. The summed E-state index contributed by atoms with van der Waals surface area (Å²) in [7, 11) is 0. The van der Waals surface area contributed by atoms with Crippen LogP contribution in [-0.4, -0.2) is 5.11 Å². The van der Waals surface area contributed by atoms with E-state index in [1.54, 1.807) is 13.8 Å². The summed E-state index contributed by atoms with van der Waals surface area (Å²) in [6.45, 7) is 7.94. The highest BCUT2D eigenvalue weighted by Gasteiger charge is 2.22. The number of rotatable bonds is 3. The summed E-state index contributed by atoms with van der Waals surface area (Å²) < 4.78 is 0. The molecule has 2 rings (SSSR count). The van der Waals surface area contributed by atoms with E-state index >= 15 is 0 Å². The summed E-state index contributed by atoms with van der Waals surface area (Å²) in [5.41, 5.74) is 3.42. The molecule has 0 aliphatic heterocycles. The Morgan fingerprint density at radius 3 is 2.25 bits per heavy atom. The van der Waals surface area contributed by atoms with Gasteiger partial charge >= 0.3 is 0 Å². The predicted molar refractivity (Wildman–Crippen MR) is 86.2 cm³/mol. The van der Waals surface area contributed by atoms with E-state index in [1.807, 2.05) is 24.3 Å². The van der Waals surface area contributed by atoms with E-state index in [-0.39, 0.29) is 0 Å². The first-order chi connectivity index (χ1) is 9.30. The summed E-state index contributed by atoms with van der Waals surface area (Å²) in [6, 6.07) is 14.1. The van der Waals surface area contributed by atoms with Crippen molar-refractivity contribution in [2.24, 2.45) is 0 Å². The molecule has 1 N–H and O–H groups in total. The summed E-state index contributed by atoms with van der Waals surface area (Å²) in [5.74, 6) is 0.427. The van der Waals surface area contributed by atoms with Gasteiger partial charge in [-0.15, -0.1) is 0 Å². The van der Waals surface area contributed by atoms with Gasteiger partial charge in [-0.1, -0.05) is 55.8 Å². The Bertz CT molecular complexity index is 609. The fourth-order valence-electron chi connectivity index (χ4n) is 2.50. The van der Waals surface area contributed by atoms with Crippen LogP contribution in [0.15, 0.2) is 42.5 Å². The van der Waals surface area contributed by atoms with Crippen LogP contribution in [0.5, 0.6) is 0 Å². The summed E-state index contributed by atoms with van der Waals surface area (Å²) >= 11 is 6.10. The van der Waals surface area contributed by atoms with Gasteiger partial charge in [0, 0.05) is 5.02 Å². The van der Waals surface area contributed by atoms with Crippen LogP contribution >= 0.6 is 11.6 Å². The second kappa shape index (κ2) is 5.59. The van der Waals surface area contributed by atoms with Gasteiger partial charge in [0.1, 0.15) is 0 Å². The van der Waals surface area contributed by atoms with Crippen LogP contribution in [0.25, 0.3) is 11.1 Å². The van der Waals surface area contributed by atoms with E-state index < -0.39 is 5.60 Å². The van der Waals surface area contributed by atoms with Crippen molar-refractivity contribution in [1.82, 2.24) is 0 Å². The first-order valence-corrected chi connectivity index (χ1v) is 7.30. The highest BCUT2D eigenvalue weighted by atomic mass is 35.5. The van der Waals surface area contributed by atoms with Gasteiger partial charge in [-0.25, -0.2) is 0 Å². The van der Waals surface area contributed by atoms with Gasteiger partial charge in [0.15, 0.2) is 0 Å². The number of hydrogen-bond acceptors (Lipinski definition) is 1. The van der Waals surface area contributed by atoms with Crippen molar-refractivity contribution in [3.8, 4) is 11.1 Å². The van der Waals surface area contributed by atoms with E-state index in [9.17, 15) is 5.11 Å². The molecular weight excluding hydrogens is 268 g/mol. The van der Waals surface area contributed by atoms with Crippen LogP contribution in [0.4, 0.5) is 0 Å². The average molecular weight is 289 g/mol. The van der Waals surface area contributed by atoms with Crippen LogP contribution in [-0.2, 0) is 5.60 Å². The molecule has 2 aromatic carbocycles. The highest BCUT2D eigenvalue weighted by molar-refractivity contribution is 6.30. The molecule has 2 aromatic rings. The Balaban J connectivity index is 2.71. The number of hydrogen-bond donors (Lipinski definition) is 1. The fraction of sp³-hybridized carbons (Fsp3) is 0.333. The van der Waals surface area contributed by atoms with Crippen LogP contribution in [0.1, 0.15) is 44.7 Å². The second-order valence-electron chi connectivity index (χ2n) is 5.99. The van der Waals surface area contributed by atoms with E-state index in [0.717, 1.165) is 16.7 Å². The first-order valence-electron chi connectivity index (χ1n) is 6.92. The summed E-state index contributed by atoms with van der Waals surface area (Å²) in [6.07, 6.45) is 0. The third-order valence-electron chi connectivity index (χ3n) is 3.51. The molecule has 1 nitrogen and oxygen atoms in total. The van der Waals surface area contributed by atoms with Gasteiger partial charge in [-0.2, -0.15) is 0 Å². The number of aliphatic hydroxyl groups is 1. The van der Waals surface area contributed by atoms with Gasteiger partial charge in [-0.3, -0.25) is 0 Å². The molecule has 0 atom stereocenters. The molecule has 2 heteroatoms. The second-order valence-corrected chi connectivity index (χ2v) is 6.43. The molecule has 0 aliphatic carbocycles. The minimum absolute atomic E-state index is 0.427. The Hall–Kier alpha value is -1.31. The first kappa shape index (κ1) is 15.1. The van der Waals surface area contributed by atoms with Gasteiger partial charge < -0.3 is 5.11 Å². The topological polar surface area (TPSA) is 20.2 Å². The van der Waals surface area contributed by atoms with E-state index in [0.29, 0.717) is 10.9 Å². The molecular formula is C18H21ClO. The molecule has 106 valence electrons. The van der Waals surface area contributed by atoms with Crippen molar-refractivity contribution >= 4 is 11.6 Å². The lowest BCUT2D eigenvalue weighted by atomic mass is 9.85. The van der Waals surface area contributed by atoms with Crippen LogP contribution in [0, 0.1) is 0 Å². The third kappa shape index (κ3) is 3.05. The standard InChI is InChI=1S/C18H21ClO/c1-12(2)14-7-5-6-8-15(14)16-10-9-13(19)11-17(16)18(3,4)20/h5-12,20H,1-4H3. The summed E-state index contributed by atoms with van der Waals surface area (Å²) in [4.78, 5) is 0. The van der Waals surface area contributed by atoms with Crippen molar-refractivity contribution in [1.29, 1.82) is 0 Å². The van der Waals surface area contributed by atoms with E-state index in [2.05, 4.69) is 32.0 Å². The minimum Gasteiger partial charge on any atom is -0.386 e. The van der Waals surface area contributed by atoms with E-state index in [4.69, 9.17) is 11.6 Å². The number of halogens is 1. The molecule has 0 aliphatic rings. The zero-order valence-electron chi connectivity index (χ0n) is 12.4. The quantitative estimate of drug-likeness (QED) is 0.806. The van der Waals surface area contributed by atoms with Crippen LogP contribution in [0.3, 0.4) is 0 Å². The van der Waals surface area contributed by atoms with Crippen molar-refractivity contribution in [2.75, 3.05) is 0 Å². The largest absolute Gasteiger partial charge is 0.386 e. The Morgan fingerprint density at radius 1 is 1.00 bits per heavy atom. The zero-order valence-corrected chi connectivity index (χ0v) is 13.2. The lowest BCUT2D eigenvalue weighted by molar-refractivity contribution is 0.0792.